The van der Waals surface area contributed by atoms with Gasteiger partial charge in [-0.1, -0.05) is 15.9 Å². The van der Waals surface area contributed by atoms with E-state index in [0.29, 0.717) is 0 Å². The molecule has 2 heterocycles. The van der Waals surface area contributed by atoms with Gasteiger partial charge >= 0.3 is 0 Å². The summed E-state index contributed by atoms with van der Waals surface area (Å²) >= 11 is 3.56. The van der Waals surface area contributed by atoms with Gasteiger partial charge < -0.3 is 15.1 Å². The summed E-state index contributed by atoms with van der Waals surface area (Å²) in [7, 11) is 0. The first-order valence-corrected chi connectivity index (χ1v) is 7.90. The van der Waals surface area contributed by atoms with Gasteiger partial charge in [0.15, 0.2) is 0 Å². The van der Waals surface area contributed by atoms with Crippen molar-refractivity contribution in [3.63, 3.8) is 0 Å². The van der Waals surface area contributed by atoms with E-state index in [9.17, 15) is 4.79 Å². The maximum atomic E-state index is 12.8. The van der Waals surface area contributed by atoms with Gasteiger partial charge in [0.2, 0.25) is 0 Å². The smallest absolute Gasteiger partial charge is 0.251 e. The molecule has 0 radical (unpaired) electrons. The van der Waals surface area contributed by atoms with Crippen LogP contribution in [0.25, 0.3) is 0 Å². The van der Waals surface area contributed by atoms with Crippen molar-refractivity contribution in [2.24, 2.45) is 0 Å². The van der Waals surface area contributed by atoms with E-state index < -0.39 is 0 Å². The molecule has 2 aliphatic rings. The number of aryl methyl sites for hydroxylation is 1. The molecule has 0 bridgehead atoms. The number of benzene rings is 1. The Balaban J connectivity index is 2.20. The molecule has 1 amide bonds. The molecule has 108 valence electrons. The predicted octanol–water partition coefficient (Wildman–Crippen LogP) is 2.29. The van der Waals surface area contributed by atoms with E-state index in [0.717, 1.165) is 29.8 Å². The van der Waals surface area contributed by atoms with Gasteiger partial charge in [0.05, 0.1) is 11.4 Å². The van der Waals surface area contributed by atoms with Crippen LogP contribution in [0.15, 0.2) is 16.6 Å². The van der Waals surface area contributed by atoms with Crippen molar-refractivity contribution in [2.75, 3.05) is 29.4 Å². The van der Waals surface area contributed by atoms with Gasteiger partial charge in [0, 0.05) is 30.1 Å². The third-order valence-corrected chi connectivity index (χ3v) is 4.53. The lowest BCUT2D eigenvalue weighted by Crippen LogP contribution is -2.63. The van der Waals surface area contributed by atoms with Gasteiger partial charge in [0.25, 0.3) is 5.91 Å². The fourth-order valence-electron chi connectivity index (χ4n) is 3.28. The van der Waals surface area contributed by atoms with Crippen LogP contribution >= 0.6 is 15.9 Å². The lowest BCUT2D eigenvalue weighted by atomic mass is 9.99. The molecule has 2 aliphatic heterocycles. The number of amides is 1. The Hall–Kier alpha value is -1.07. The topological polar surface area (TPSA) is 35.6 Å². The number of piperazine rings is 1. The van der Waals surface area contributed by atoms with Crippen molar-refractivity contribution >= 4 is 33.2 Å². The van der Waals surface area contributed by atoms with E-state index in [1.807, 2.05) is 4.90 Å². The summed E-state index contributed by atoms with van der Waals surface area (Å²) in [5, 5.41) is 3.34. The van der Waals surface area contributed by atoms with Crippen LogP contribution < -0.4 is 15.1 Å². The molecule has 3 rings (SSSR count). The highest BCUT2D eigenvalue weighted by Crippen LogP contribution is 2.42. The monoisotopic (exact) mass is 337 g/mol. The zero-order valence-electron chi connectivity index (χ0n) is 12.1. The molecule has 1 saturated heterocycles. The molecule has 1 aromatic rings. The highest BCUT2D eigenvalue weighted by Gasteiger charge is 2.41. The van der Waals surface area contributed by atoms with Gasteiger partial charge in [0.1, 0.15) is 6.04 Å². The maximum Gasteiger partial charge on any atom is 0.251 e. The molecular weight excluding hydrogens is 318 g/mol. The van der Waals surface area contributed by atoms with Crippen LogP contribution in [0.4, 0.5) is 11.4 Å². The molecule has 20 heavy (non-hydrogen) atoms. The largest absolute Gasteiger partial charge is 0.355 e. The number of nitrogens with zero attached hydrogens (tertiary/aromatic N) is 2. The van der Waals surface area contributed by atoms with E-state index in [2.05, 4.69) is 59.1 Å². The van der Waals surface area contributed by atoms with Crippen LogP contribution in [0.2, 0.25) is 0 Å². The Bertz CT molecular complexity index is 558. The minimum absolute atomic E-state index is 0.0708. The molecule has 0 saturated carbocycles. The number of fused-ring (bicyclic) bond motifs is 3. The average Bonchev–Trinajstić information content (AvgIpc) is 2.37. The van der Waals surface area contributed by atoms with Crippen molar-refractivity contribution in [3.05, 3.63) is 22.2 Å². The number of halogens is 1. The average molecular weight is 338 g/mol. The third kappa shape index (κ3) is 2.04. The zero-order chi connectivity index (χ0) is 14.4. The normalized spacial score (nSPS) is 22.1. The van der Waals surface area contributed by atoms with Gasteiger partial charge in [-0.15, -0.1) is 0 Å². The van der Waals surface area contributed by atoms with E-state index in [4.69, 9.17) is 0 Å². The first-order chi connectivity index (χ1) is 9.50. The molecule has 4 nitrogen and oxygen atoms in total. The number of hydrogen-bond acceptors (Lipinski definition) is 3. The van der Waals surface area contributed by atoms with Crippen molar-refractivity contribution < 1.29 is 4.79 Å². The number of carbonyl (C=O) groups excluding carboxylic acids is 1. The SMILES string of the molecule is Cc1cc(Br)cc2c1N1CCNCC1C(=O)N2C(C)C. The molecule has 1 aromatic carbocycles. The van der Waals surface area contributed by atoms with Crippen molar-refractivity contribution in [1.29, 1.82) is 0 Å². The summed E-state index contributed by atoms with van der Waals surface area (Å²) < 4.78 is 1.03. The molecule has 5 heteroatoms. The Morgan fingerprint density at radius 1 is 1.40 bits per heavy atom. The summed E-state index contributed by atoms with van der Waals surface area (Å²) in [6, 6.07) is 4.29. The number of hydrogen-bond donors (Lipinski definition) is 1. The minimum Gasteiger partial charge on any atom is -0.355 e. The van der Waals surface area contributed by atoms with Crippen LogP contribution in [-0.4, -0.2) is 37.6 Å². The second-order valence-electron chi connectivity index (χ2n) is 5.81. The minimum atomic E-state index is -0.0708. The van der Waals surface area contributed by atoms with Crippen molar-refractivity contribution in [1.82, 2.24) is 5.32 Å². The fraction of sp³-hybridized carbons (Fsp3) is 0.533. The number of carbonyl (C=O) groups is 1. The molecule has 1 atom stereocenters. The first-order valence-electron chi connectivity index (χ1n) is 7.11. The highest BCUT2D eigenvalue weighted by atomic mass is 79.9. The zero-order valence-corrected chi connectivity index (χ0v) is 13.7. The van der Waals surface area contributed by atoms with Crippen molar-refractivity contribution in [3.8, 4) is 0 Å². The molecule has 0 aliphatic carbocycles. The van der Waals surface area contributed by atoms with Crippen LogP contribution in [0, 0.1) is 6.92 Å². The molecule has 0 aromatic heterocycles. The van der Waals surface area contributed by atoms with Crippen LogP contribution in [0.3, 0.4) is 0 Å². The Morgan fingerprint density at radius 3 is 2.85 bits per heavy atom. The highest BCUT2D eigenvalue weighted by molar-refractivity contribution is 9.10. The Labute approximate surface area is 128 Å². The van der Waals surface area contributed by atoms with Gasteiger partial charge in [-0.25, -0.2) is 0 Å². The van der Waals surface area contributed by atoms with Gasteiger partial charge in [-0.3, -0.25) is 4.79 Å². The maximum absolute atomic E-state index is 12.8. The summed E-state index contributed by atoms with van der Waals surface area (Å²) in [5.41, 5.74) is 3.47. The summed E-state index contributed by atoms with van der Waals surface area (Å²) in [4.78, 5) is 17.0. The predicted molar refractivity (Wildman–Crippen MR) is 85.5 cm³/mol. The Morgan fingerprint density at radius 2 is 2.15 bits per heavy atom. The molecule has 1 unspecified atom stereocenters. The third-order valence-electron chi connectivity index (χ3n) is 4.07. The second kappa shape index (κ2) is 5.04. The fourth-order valence-corrected chi connectivity index (χ4v) is 3.84. The molecular formula is C15H20BrN3O. The van der Waals surface area contributed by atoms with E-state index >= 15 is 0 Å². The van der Waals surface area contributed by atoms with E-state index in [-0.39, 0.29) is 18.0 Å². The number of anilines is 2. The van der Waals surface area contributed by atoms with Crippen LogP contribution in [0.5, 0.6) is 0 Å². The standard InChI is InChI=1S/C15H20BrN3O/c1-9(2)19-12-7-11(16)6-10(3)14(12)18-5-4-17-8-13(18)15(19)20/h6-7,9,13,17H,4-5,8H2,1-3H3. The lowest BCUT2D eigenvalue weighted by molar-refractivity contribution is -0.120. The first kappa shape index (κ1) is 13.9. The summed E-state index contributed by atoms with van der Waals surface area (Å²) in [5.74, 6) is 0.206. The summed E-state index contributed by atoms with van der Waals surface area (Å²) in [6.45, 7) is 8.82. The quantitative estimate of drug-likeness (QED) is 0.854. The summed E-state index contributed by atoms with van der Waals surface area (Å²) in [6.07, 6.45) is 0. The van der Waals surface area contributed by atoms with Crippen LogP contribution in [0.1, 0.15) is 19.4 Å². The van der Waals surface area contributed by atoms with Gasteiger partial charge in [-0.2, -0.15) is 0 Å². The van der Waals surface area contributed by atoms with Crippen LogP contribution in [-0.2, 0) is 4.79 Å². The number of rotatable bonds is 1. The number of nitrogens with one attached hydrogen (secondary N) is 1. The second-order valence-corrected chi connectivity index (χ2v) is 6.72. The van der Waals surface area contributed by atoms with Crippen molar-refractivity contribution in [2.45, 2.75) is 32.9 Å². The molecule has 1 N–H and O–H groups in total. The van der Waals surface area contributed by atoms with E-state index in [1.165, 1.54) is 11.3 Å². The lowest BCUT2D eigenvalue weighted by Gasteiger charge is -2.47. The van der Waals surface area contributed by atoms with Gasteiger partial charge in [-0.05, 0) is 38.5 Å². The molecule has 1 fully saturated rings. The van der Waals surface area contributed by atoms with E-state index in [1.54, 1.807) is 0 Å². The molecule has 0 spiro atoms. The Kier molecular flexibility index (Phi) is 3.50.